The first-order valence-electron chi connectivity index (χ1n) is 10.9. The number of carbonyl (C=O) groups is 1. The maximum absolute atomic E-state index is 12.7. The van der Waals surface area contributed by atoms with Crippen molar-refractivity contribution in [3.63, 3.8) is 0 Å². The van der Waals surface area contributed by atoms with Crippen LogP contribution in [-0.4, -0.2) is 56.4 Å². The monoisotopic (exact) mass is 455 g/mol. The van der Waals surface area contributed by atoms with E-state index in [2.05, 4.69) is 25.5 Å². The average Bonchev–Trinajstić information content (AvgIpc) is 3.45. The number of anilines is 2. The van der Waals surface area contributed by atoms with Crippen molar-refractivity contribution in [2.45, 2.75) is 44.3 Å². The molecule has 0 radical (unpaired) electrons. The lowest BCUT2D eigenvalue weighted by atomic mass is 10.1. The van der Waals surface area contributed by atoms with Crippen LogP contribution in [-0.2, 0) is 4.79 Å². The molecule has 170 valence electrons. The van der Waals surface area contributed by atoms with Crippen LogP contribution in [0.25, 0.3) is 5.69 Å². The number of methoxy groups -OCH3 is 1. The molecule has 0 spiro atoms. The Morgan fingerprint density at radius 1 is 1.16 bits per heavy atom. The van der Waals surface area contributed by atoms with Gasteiger partial charge in [-0.1, -0.05) is 23.9 Å². The first-order chi connectivity index (χ1) is 15.6. The first-order valence-corrected chi connectivity index (χ1v) is 11.9. The SMILES string of the molecule is COc1ccccc1-n1c(SCC(=O)Nc2ccnn2C(C)C)nnc1N1CCCCC1. The topological polar surface area (TPSA) is 90.1 Å². The van der Waals surface area contributed by atoms with Crippen molar-refractivity contribution in [2.24, 2.45) is 0 Å². The van der Waals surface area contributed by atoms with Crippen LogP contribution >= 0.6 is 11.8 Å². The lowest BCUT2D eigenvalue weighted by molar-refractivity contribution is -0.113. The summed E-state index contributed by atoms with van der Waals surface area (Å²) >= 11 is 1.36. The highest BCUT2D eigenvalue weighted by atomic mass is 32.2. The summed E-state index contributed by atoms with van der Waals surface area (Å²) in [6.45, 7) is 5.93. The molecule has 1 saturated heterocycles. The van der Waals surface area contributed by atoms with Crippen LogP contribution in [0.15, 0.2) is 41.7 Å². The maximum Gasteiger partial charge on any atom is 0.235 e. The Morgan fingerprint density at radius 2 is 1.94 bits per heavy atom. The second-order valence-corrected chi connectivity index (χ2v) is 8.87. The van der Waals surface area contributed by atoms with Crippen molar-refractivity contribution in [1.82, 2.24) is 24.5 Å². The third kappa shape index (κ3) is 4.74. The number of para-hydroxylation sites is 2. The number of carbonyl (C=O) groups excluding carboxylic acids is 1. The second kappa shape index (κ2) is 10.1. The van der Waals surface area contributed by atoms with E-state index in [1.165, 1.54) is 18.2 Å². The van der Waals surface area contributed by atoms with Crippen molar-refractivity contribution in [3.8, 4) is 11.4 Å². The quantitative estimate of drug-likeness (QED) is 0.517. The molecule has 9 nitrogen and oxygen atoms in total. The number of benzene rings is 1. The zero-order valence-electron chi connectivity index (χ0n) is 18.7. The molecule has 10 heteroatoms. The van der Waals surface area contributed by atoms with Crippen LogP contribution in [0, 0.1) is 0 Å². The molecule has 32 heavy (non-hydrogen) atoms. The number of amides is 1. The fourth-order valence-electron chi connectivity index (χ4n) is 3.81. The Hall–Kier alpha value is -3.01. The van der Waals surface area contributed by atoms with E-state index in [0.29, 0.717) is 11.0 Å². The standard InChI is InChI=1S/C22H29N7O2S/c1-16(2)29-19(11-12-23-29)24-20(30)15-32-22-26-25-21(27-13-7-4-8-14-27)28(22)17-9-5-6-10-18(17)31-3/h5-6,9-12,16H,4,7-8,13-15H2,1-3H3,(H,24,30). The second-order valence-electron chi connectivity index (χ2n) is 7.93. The fourth-order valence-corrected chi connectivity index (χ4v) is 4.55. The number of nitrogens with one attached hydrogen (secondary N) is 1. The van der Waals surface area contributed by atoms with E-state index in [9.17, 15) is 4.79 Å². The van der Waals surface area contributed by atoms with Gasteiger partial charge in [-0.2, -0.15) is 5.10 Å². The van der Waals surface area contributed by atoms with E-state index in [4.69, 9.17) is 4.74 Å². The Kier molecular flexibility index (Phi) is 6.99. The predicted octanol–water partition coefficient (Wildman–Crippen LogP) is 3.77. The molecule has 0 unspecified atom stereocenters. The normalized spacial score (nSPS) is 14.1. The van der Waals surface area contributed by atoms with Crippen molar-refractivity contribution in [2.75, 3.05) is 36.2 Å². The predicted molar refractivity (Wildman–Crippen MR) is 126 cm³/mol. The number of hydrogen-bond acceptors (Lipinski definition) is 7. The summed E-state index contributed by atoms with van der Waals surface area (Å²) in [4.78, 5) is 14.9. The first kappa shape index (κ1) is 22.2. The Bertz CT molecular complexity index is 1060. The van der Waals surface area contributed by atoms with Gasteiger partial charge < -0.3 is 15.0 Å². The third-order valence-corrected chi connectivity index (χ3v) is 6.27. The summed E-state index contributed by atoms with van der Waals surface area (Å²) in [5, 5.41) is 16.8. The van der Waals surface area contributed by atoms with Crippen LogP contribution in [0.2, 0.25) is 0 Å². The summed E-state index contributed by atoms with van der Waals surface area (Å²) in [5.74, 6) is 2.29. The number of aromatic nitrogens is 5. The number of ether oxygens (including phenoxy) is 1. The van der Waals surface area contributed by atoms with Gasteiger partial charge >= 0.3 is 0 Å². The molecule has 0 atom stereocenters. The van der Waals surface area contributed by atoms with Gasteiger partial charge in [-0.15, -0.1) is 10.2 Å². The highest BCUT2D eigenvalue weighted by Crippen LogP contribution is 2.32. The molecule has 1 aromatic carbocycles. The van der Waals surface area contributed by atoms with Crippen molar-refractivity contribution >= 4 is 29.4 Å². The summed E-state index contributed by atoms with van der Waals surface area (Å²) in [6, 6.07) is 9.77. The molecule has 3 aromatic rings. The van der Waals surface area contributed by atoms with E-state index >= 15 is 0 Å². The Balaban J connectivity index is 1.57. The molecule has 2 aromatic heterocycles. The fraction of sp³-hybridized carbons (Fsp3) is 0.455. The van der Waals surface area contributed by atoms with Gasteiger partial charge in [0.2, 0.25) is 11.9 Å². The minimum Gasteiger partial charge on any atom is -0.495 e. The van der Waals surface area contributed by atoms with E-state index in [1.54, 1.807) is 24.1 Å². The van der Waals surface area contributed by atoms with Gasteiger partial charge in [0, 0.05) is 25.2 Å². The zero-order valence-corrected chi connectivity index (χ0v) is 19.5. The molecule has 0 aliphatic carbocycles. The van der Waals surface area contributed by atoms with Crippen LogP contribution in [0.5, 0.6) is 5.75 Å². The number of thioether (sulfide) groups is 1. The lowest BCUT2D eigenvalue weighted by Gasteiger charge is -2.28. The van der Waals surface area contributed by atoms with Gasteiger partial charge in [0.05, 0.1) is 24.7 Å². The zero-order chi connectivity index (χ0) is 22.5. The summed E-state index contributed by atoms with van der Waals surface area (Å²) < 4.78 is 9.39. The van der Waals surface area contributed by atoms with Crippen LogP contribution in [0.4, 0.5) is 11.8 Å². The smallest absolute Gasteiger partial charge is 0.235 e. The largest absolute Gasteiger partial charge is 0.495 e. The van der Waals surface area contributed by atoms with Crippen LogP contribution < -0.4 is 15.0 Å². The lowest BCUT2D eigenvalue weighted by Crippen LogP contribution is -2.31. The molecule has 1 N–H and O–H groups in total. The number of rotatable bonds is 8. The minimum atomic E-state index is -0.119. The molecule has 1 aliphatic rings. The maximum atomic E-state index is 12.7. The van der Waals surface area contributed by atoms with E-state index < -0.39 is 0 Å². The van der Waals surface area contributed by atoms with E-state index in [-0.39, 0.29) is 17.7 Å². The van der Waals surface area contributed by atoms with Crippen molar-refractivity contribution in [3.05, 3.63) is 36.5 Å². The van der Waals surface area contributed by atoms with Crippen LogP contribution in [0.3, 0.4) is 0 Å². The van der Waals surface area contributed by atoms with E-state index in [0.717, 1.165) is 43.3 Å². The summed E-state index contributed by atoms with van der Waals surface area (Å²) in [7, 11) is 1.65. The average molecular weight is 456 g/mol. The molecule has 0 saturated carbocycles. The highest BCUT2D eigenvalue weighted by Gasteiger charge is 2.24. The van der Waals surface area contributed by atoms with Gasteiger partial charge in [-0.05, 0) is 45.2 Å². The molecular weight excluding hydrogens is 426 g/mol. The van der Waals surface area contributed by atoms with Crippen LogP contribution in [0.1, 0.15) is 39.2 Å². The molecule has 1 fully saturated rings. The number of hydrogen-bond donors (Lipinski definition) is 1. The van der Waals surface area contributed by atoms with Gasteiger partial charge in [0.15, 0.2) is 5.16 Å². The number of nitrogens with zero attached hydrogens (tertiary/aromatic N) is 6. The summed E-state index contributed by atoms with van der Waals surface area (Å²) in [6.07, 6.45) is 5.18. The Labute approximate surface area is 192 Å². The van der Waals surface area contributed by atoms with Gasteiger partial charge in [-0.25, -0.2) is 4.68 Å². The molecular formula is C22H29N7O2S. The molecule has 1 amide bonds. The minimum absolute atomic E-state index is 0.119. The van der Waals surface area contributed by atoms with Gasteiger partial charge in [0.25, 0.3) is 0 Å². The molecule has 1 aliphatic heterocycles. The van der Waals surface area contributed by atoms with Crippen molar-refractivity contribution < 1.29 is 9.53 Å². The van der Waals surface area contributed by atoms with Crippen molar-refractivity contribution in [1.29, 1.82) is 0 Å². The van der Waals surface area contributed by atoms with Gasteiger partial charge in [0.1, 0.15) is 11.6 Å². The Morgan fingerprint density at radius 3 is 2.69 bits per heavy atom. The molecule has 0 bridgehead atoms. The molecule has 3 heterocycles. The van der Waals surface area contributed by atoms with Gasteiger partial charge in [-0.3, -0.25) is 9.36 Å². The number of piperidine rings is 1. The highest BCUT2D eigenvalue weighted by molar-refractivity contribution is 7.99. The third-order valence-electron chi connectivity index (χ3n) is 5.34. The molecule has 4 rings (SSSR count). The van der Waals surface area contributed by atoms with E-state index in [1.807, 2.05) is 42.7 Å². The summed E-state index contributed by atoms with van der Waals surface area (Å²) in [5.41, 5.74) is 0.862.